The Morgan fingerprint density at radius 3 is 2.07 bits per heavy atom. The molecule has 0 saturated heterocycles. The standard InChI is InChI=1S/C6H3Cl3O4S/c7-3-1-5(9)6(2-4(3)8)13-14(10,11)12/h1-2H,(H,10,11,12). The van der Waals surface area contributed by atoms with Crippen molar-refractivity contribution in [3.8, 4) is 5.75 Å². The largest absolute Gasteiger partial charge is 0.446 e. The van der Waals surface area contributed by atoms with Gasteiger partial charge in [0.1, 0.15) is 0 Å². The summed E-state index contributed by atoms with van der Waals surface area (Å²) in [5.74, 6) is -0.288. The van der Waals surface area contributed by atoms with Gasteiger partial charge in [0.05, 0.1) is 15.1 Å². The van der Waals surface area contributed by atoms with Crippen LogP contribution < -0.4 is 4.18 Å². The normalized spacial score (nSPS) is 11.4. The van der Waals surface area contributed by atoms with Crippen molar-refractivity contribution in [2.24, 2.45) is 0 Å². The smallest absolute Gasteiger partial charge is 0.360 e. The lowest BCUT2D eigenvalue weighted by atomic mass is 10.3. The summed E-state index contributed by atoms with van der Waals surface area (Å²) in [6.07, 6.45) is 0. The minimum atomic E-state index is -4.62. The van der Waals surface area contributed by atoms with Crippen molar-refractivity contribution in [2.45, 2.75) is 0 Å². The number of hydrogen-bond acceptors (Lipinski definition) is 3. The predicted octanol–water partition coefficient (Wildman–Crippen LogP) is 2.83. The summed E-state index contributed by atoms with van der Waals surface area (Å²) in [7, 11) is -4.62. The van der Waals surface area contributed by atoms with E-state index in [0.29, 0.717) is 0 Å². The molecule has 14 heavy (non-hydrogen) atoms. The lowest BCUT2D eigenvalue weighted by Gasteiger charge is -2.04. The van der Waals surface area contributed by atoms with Gasteiger partial charge in [-0.3, -0.25) is 4.55 Å². The Labute approximate surface area is 95.3 Å². The second-order valence-corrected chi connectivity index (χ2v) is 4.45. The minimum Gasteiger partial charge on any atom is -0.360 e. The number of halogens is 3. The van der Waals surface area contributed by atoms with E-state index in [1.54, 1.807) is 0 Å². The molecule has 0 aromatic heterocycles. The van der Waals surface area contributed by atoms with Crippen LogP contribution in [0.4, 0.5) is 0 Å². The molecule has 1 aromatic carbocycles. The van der Waals surface area contributed by atoms with Crippen LogP contribution in [0.2, 0.25) is 15.1 Å². The second kappa shape index (κ2) is 4.12. The van der Waals surface area contributed by atoms with Gasteiger partial charge in [-0.25, -0.2) is 0 Å². The van der Waals surface area contributed by atoms with E-state index in [0.717, 1.165) is 6.07 Å². The van der Waals surface area contributed by atoms with Gasteiger partial charge in [0.25, 0.3) is 0 Å². The van der Waals surface area contributed by atoms with Crippen LogP contribution in [0.1, 0.15) is 0 Å². The van der Waals surface area contributed by atoms with Crippen LogP contribution in [0.15, 0.2) is 12.1 Å². The highest BCUT2D eigenvalue weighted by Gasteiger charge is 2.13. The zero-order valence-electron chi connectivity index (χ0n) is 6.37. The highest BCUT2D eigenvalue weighted by molar-refractivity contribution is 7.81. The first-order valence-electron chi connectivity index (χ1n) is 3.11. The molecular weight excluding hydrogens is 274 g/mol. The van der Waals surface area contributed by atoms with Gasteiger partial charge >= 0.3 is 10.4 Å². The Bertz CT molecular complexity index is 456. The Balaban J connectivity index is 3.17. The van der Waals surface area contributed by atoms with Crippen LogP contribution in [0, 0.1) is 0 Å². The maximum Gasteiger partial charge on any atom is 0.446 e. The Hall–Kier alpha value is -0.200. The van der Waals surface area contributed by atoms with Gasteiger partial charge in [0.2, 0.25) is 0 Å². The van der Waals surface area contributed by atoms with Gasteiger partial charge in [-0.1, -0.05) is 34.8 Å². The van der Waals surface area contributed by atoms with Crippen LogP contribution in [0.25, 0.3) is 0 Å². The van der Waals surface area contributed by atoms with E-state index in [2.05, 4.69) is 4.18 Å². The van der Waals surface area contributed by atoms with Crippen LogP contribution in [0.5, 0.6) is 5.75 Å². The van der Waals surface area contributed by atoms with Gasteiger partial charge < -0.3 is 4.18 Å². The molecule has 0 aliphatic heterocycles. The van der Waals surface area contributed by atoms with Gasteiger partial charge in [-0.2, -0.15) is 8.42 Å². The van der Waals surface area contributed by atoms with Gasteiger partial charge in [-0.05, 0) is 6.07 Å². The highest BCUT2D eigenvalue weighted by atomic mass is 35.5. The Morgan fingerprint density at radius 1 is 1.07 bits per heavy atom. The minimum absolute atomic E-state index is 0.0646. The molecule has 0 unspecified atom stereocenters. The van der Waals surface area contributed by atoms with E-state index in [-0.39, 0.29) is 20.8 Å². The summed E-state index contributed by atoms with van der Waals surface area (Å²) in [5.41, 5.74) is 0. The van der Waals surface area contributed by atoms with E-state index < -0.39 is 10.4 Å². The van der Waals surface area contributed by atoms with Gasteiger partial charge in [-0.15, -0.1) is 0 Å². The molecule has 1 rings (SSSR count). The van der Waals surface area contributed by atoms with Crippen molar-refractivity contribution in [2.75, 3.05) is 0 Å². The maximum atomic E-state index is 10.3. The first-order valence-corrected chi connectivity index (χ1v) is 5.61. The molecule has 0 aliphatic rings. The summed E-state index contributed by atoms with van der Waals surface area (Å²) >= 11 is 16.7. The topological polar surface area (TPSA) is 63.6 Å². The van der Waals surface area contributed by atoms with Crippen molar-refractivity contribution in [1.29, 1.82) is 0 Å². The van der Waals surface area contributed by atoms with Crippen molar-refractivity contribution >= 4 is 45.2 Å². The quantitative estimate of drug-likeness (QED) is 0.667. The molecule has 1 aromatic rings. The lowest BCUT2D eigenvalue weighted by Crippen LogP contribution is -2.06. The summed E-state index contributed by atoms with van der Waals surface area (Å²) in [5, 5.41) is 0.145. The van der Waals surface area contributed by atoms with E-state index in [9.17, 15) is 8.42 Å². The van der Waals surface area contributed by atoms with Crippen molar-refractivity contribution in [3.05, 3.63) is 27.2 Å². The van der Waals surface area contributed by atoms with E-state index in [1.807, 2.05) is 0 Å². The van der Waals surface area contributed by atoms with Crippen LogP contribution >= 0.6 is 34.8 Å². The Kier molecular flexibility index (Phi) is 3.49. The van der Waals surface area contributed by atoms with Crippen LogP contribution in [-0.2, 0) is 10.4 Å². The number of benzene rings is 1. The molecule has 4 nitrogen and oxygen atoms in total. The average molecular weight is 278 g/mol. The zero-order valence-corrected chi connectivity index (χ0v) is 9.45. The fourth-order valence-corrected chi connectivity index (χ4v) is 1.67. The van der Waals surface area contributed by atoms with Crippen molar-refractivity contribution in [3.63, 3.8) is 0 Å². The SMILES string of the molecule is O=S(=O)(O)Oc1cc(Cl)c(Cl)cc1Cl. The molecule has 0 fully saturated rings. The fraction of sp³-hybridized carbons (Fsp3) is 0. The third-order valence-corrected chi connectivity index (χ3v) is 2.58. The summed E-state index contributed by atoms with van der Waals surface area (Å²) < 4.78 is 33.2. The predicted molar refractivity (Wildman–Crippen MR) is 53.6 cm³/mol. The molecule has 0 bridgehead atoms. The molecule has 0 radical (unpaired) electrons. The molecule has 78 valence electrons. The fourth-order valence-electron chi connectivity index (χ4n) is 0.682. The molecule has 0 atom stereocenters. The average Bonchev–Trinajstić information content (AvgIpc) is 1.97. The summed E-state index contributed by atoms with van der Waals surface area (Å²) in [4.78, 5) is 0. The summed E-state index contributed by atoms with van der Waals surface area (Å²) in [6.45, 7) is 0. The molecule has 0 spiro atoms. The third kappa shape index (κ3) is 3.18. The van der Waals surface area contributed by atoms with Crippen molar-refractivity contribution in [1.82, 2.24) is 0 Å². The molecule has 0 aliphatic carbocycles. The van der Waals surface area contributed by atoms with E-state index >= 15 is 0 Å². The van der Waals surface area contributed by atoms with Crippen LogP contribution in [-0.4, -0.2) is 13.0 Å². The molecule has 8 heteroatoms. The highest BCUT2D eigenvalue weighted by Crippen LogP contribution is 2.34. The lowest BCUT2D eigenvalue weighted by molar-refractivity contribution is 0.387. The molecule has 0 saturated carbocycles. The monoisotopic (exact) mass is 276 g/mol. The number of rotatable bonds is 2. The van der Waals surface area contributed by atoms with E-state index in [1.165, 1.54) is 6.07 Å². The van der Waals surface area contributed by atoms with Gasteiger partial charge in [0.15, 0.2) is 5.75 Å². The first kappa shape index (κ1) is 11.9. The first-order chi connectivity index (χ1) is 6.29. The van der Waals surface area contributed by atoms with Crippen LogP contribution in [0.3, 0.4) is 0 Å². The maximum absolute atomic E-state index is 10.3. The van der Waals surface area contributed by atoms with Gasteiger partial charge in [0, 0.05) is 6.07 Å². The third-order valence-electron chi connectivity index (χ3n) is 1.17. The molecule has 0 amide bonds. The van der Waals surface area contributed by atoms with E-state index in [4.69, 9.17) is 39.4 Å². The zero-order chi connectivity index (χ0) is 10.9. The second-order valence-electron chi connectivity index (χ2n) is 2.21. The summed E-state index contributed by atoms with van der Waals surface area (Å²) in [6, 6.07) is 2.28. The number of hydrogen-bond donors (Lipinski definition) is 1. The molecule has 1 N–H and O–H groups in total. The van der Waals surface area contributed by atoms with Crippen molar-refractivity contribution < 1.29 is 17.2 Å². The Morgan fingerprint density at radius 2 is 1.57 bits per heavy atom. The molecular formula is C6H3Cl3O4S. The molecule has 0 heterocycles.